The molecule has 2 heterocycles. The standard InChI is InChI=1S/C18H12N4O3/c23-18(24)12-7-5-11(6-8-12)9-21-22-17-16-15(19-10-20-17)13-3-1-2-4-14(13)25-16/h1-10H,(H,23,24)(H,19,20,22)/b21-9-. The third kappa shape index (κ3) is 2.78. The van der Waals surface area contributed by atoms with Gasteiger partial charge in [-0.3, -0.25) is 5.43 Å². The SMILES string of the molecule is O=C(O)c1ccc(/C=N\Nc2ncnc3c2oc2ccccc23)cc1. The smallest absolute Gasteiger partial charge is 0.335 e. The van der Waals surface area contributed by atoms with Crippen molar-refractivity contribution in [3.63, 3.8) is 0 Å². The van der Waals surface area contributed by atoms with Crippen molar-refractivity contribution in [2.75, 3.05) is 5.43 Å². The molecule has 0 saturated heterocycles. The fourth-order valence-electron chi connectivity index (χ4n) is 2.48. The molecule has 0 spiro atoms. The van der Waals surface area contributed by atoms with Gasteiger partial charge in [-0.05, 0) is 29.8 Å². The van der Waals surface area contributed by atoms with E-state index in [0.717, 1.165) is 16.5 Å². The molecule has 0 atom stereocenters. The summed E-state index contributed by atoms with van der Waals surface area (Å²) in [4.78, 5) is 19.3. The Bertz CT molecular complexity index is 1100. The van der Waals surface area contributed by atoms with Gasteiger partial charge in [0.1, 0.15) is 17.4 Å². The van der Waals surface area contributed by atoms with Gasteiger partial charge in [-0.1, -0.05) is 24.3 Å². The summed E-state index contributed by atoms with van der Waals surface area (Å²) in [5.74, 6) is -0.505. The molecule has 0 radical (unpaired) electrons. The van der Waals surface area contributed by atoms with E-state index in [1.807, 2.05) is 24.3 Å². The van der Waals surface area contributed by atoms with E-state index in [9.17, 15) is 4.79 Å². The van der Waals surface area contributed by atoms with Crippen molar-refractivity contribution >= 4 is 40.1 Å². The van der Waals surface area contributed by atoms with Gasteiger partial charge in [-0.15, -0.1) is 0 Å². The number of furan rings is 1. The molecule has 0 unspecified atom stereocenters. The lowest BCUT2D eigenvalue weighted by Gasteiger charge is -1.99. The zero-order valence-corrected chi connectivity index (χ0v) is 12.9. The summed E-state index contributed by atoms with van der Waals surface area (Å²) < 4.78 is 5.80. The molecule has 0 saturated carbocycles. The summed E-state index contributed by atoms with van der Waals surface area (Å²) in [6, 6.07) is 14.0. The minimum atomic E-state index is -0.963. The fourth-order valence-corrected chi connectivity index (χ4v) is 2.48. The number of benzene rings is 2. The van der Waals surface area contributed by atoms with E-state index < -0.39 is 5.97 Å². The van der Waals surface area contributed by atoms with Crippen LogP contribution < -0.4 is 5.43 Å². The highest BCUT2D eigenvalue weighted by Crippen LogP contribution is 2.30. The summed E-state index contributed by atoms with van der Waals surface area (Å²) in [5, 5.41) is 13.9. The highest BCUT2D eigenvalue weighted by atomic mass is 16.4. The number of aromatic carboxylic acids is 1. The molecule has 7 nitrogen and oxygen atoms in total. The molecule has 2 aromatic heterocycles. The minimum absolute atomic E-state index is 0.227. The first-order valence-corrected chi connectivity index (χ1v) is 7.47. The van der Waals surface area contributed by atoms with Crippen molar-refractivity contribution < 1.29 is 14.3 Å². The average molecular weight is 332 g/mol. The lowest BCUT2D eigenvalue weighted by atomic mass is 10.1. The summed E-state index contributed by atoms with van der Waals surface area (Å²) >= 11 is 0. The Kier molecular flexibility index (Phi) is 3.59. The molecule has 122 valence electrons. The number of rotatable bonds is 4. The second-order valence-corrected chi connectivity index (χ2v) is 5.30. The van der Waals surface area contributed by atoms with E-state index in [-0.39, 0.29) is 5.56 Å². The molecular weight excluding hydrogens is 320 g/mol. The Morgan fingerprint density at radius 3 is 2.72 bits per heavy atom. The van der Waals surface area contributed by atoms with E-state index >= 15 is 0 Å². The van der Waals surface area contributed by atoms with Crippen LogP contribution in [0, 0.1) is 0 Å². The second kappa shape index (κ2) is 6.04. The number of hydrogen-bond donors (Lipinski definition) is 2. The molecule has 25 heavy (non-hydrogen) atoms. The normalized spacial score (nSPS) is 11.4. The topological polar surface area (TPSA) is 101 Å². The maximum atomic E-state index is 10.8. The van der Waals surface area contributed by atoms with Crippen LogP contribution in [0.25, 0.3) is 22.1 Å². The Labute approximate surface area is 141 Å². The van der Waals surface area contributed by atoms with Gasteiger partial charge in [0.05, 0.1) is 11.8 Å². The Balaban J connectivity index is 1.61. The van der Waals surface area contributed by atoms with Gasteiger partial charge >= 0.3 is 5.97 Å². The molecule has 2 N–H and O–H groups in total. The zero-order valence-electron chi connectivity index (χ0n) is 12.9. The summed E-state index contributed by atoms with van der Waals surface area (Å²) in [5.41, 5.74) is 5.80. The lowest BCUT2D eigenvalue weighted by molar-refractivity contribution is 0.0697. The van der Waals surface area contributed by atoms with Crippen LogP contribution in [0.1, 0.15) is 15.9 Å². The summed E-state index contributed by atoms with van der Waals surface area (Å²) in [7, 11) is 0. The van der Waals surface area contributed by atoms with E-state index in [4.69, 9.17) is 9.52 Å². The van der Waals surface area contributed by atoms with Crippen LogP contribution >= 0.6 is 0 Å². The largest absolute Gasteiger partial charge is 0.478 e. The predicted octanol–water partition coefficient (Wildman–Crippen LogP) is 3.52. The van der Waals surface area contributed by atoms with Crippen molar-refractivity contribution in [2.24, 2.45) is 5.10 Å². The average Bonchev–Trinajstić information content (AvgIpc) is 3.02. The van der Waals surface area contributed by atoms with E-state index in [1.165, 1.54) is 18.5 Å². The first-order valence-electron chi connectivity index (χ1n) is 7.47. The van der Waals surface area contributed by atoms with Crippen LogP contribution in [-0.4, -0.2) is 27.3 Å². The molecule has 0 aliphatic rings. The second-order valence-electron chi connectivity index (χ2n) is 5.30. The summed E-state index contributed by atoms with van der Waals surface area (Å²) in [6.45, 7) is 0. The molecule has 0 aliphatic heterocycles. The number of nitrogens with one attached hydrogen (secondary N) is 1. The molecule has 2 aromatic carbocycles. The molecular formula is C18H12N4O3. The quantitative estimate of drug-likeness (QED) is 0.438. The van der Waals surface area contributed by atoms with Crippen molar-refractivity contribution in [3.05, 3.63) is 66.0 Å². The van der Waals surface area contributed by atoms with E-state index in [1.54, 1.807) is 18.3 Å². The number of fused-ring (bicyclic) bond motifs is 3. The van der Waals surface area contributed by atoms with Gasteiger partial charge in [0.25, 0.3) is 0 Å². The lowest BCUT2D eigenvalue weighted by Crippen LogP contribution is -1.97. The van der Waals surface area contributed by atoms with Gasteiger partial charge in [-0.2, -0.15) is 5.10 Å². The maximum Gasteiger partial charge on any atom is 0.335 e. The fraction of sp³-hybridized carbons (Fsp3) is 0. The molecule has 0 bridgehead atoms. The van der Waals surface area contributed by atoms with Gasteiger partial charge in [0.15, 0.2) is 11.4 Å². The number of aromatic nitrogens is 2. The Morgan fingerprint density at radius 1 is 1.12 bits per heavy atom. The third-order valence-electron chi connectivity index (χ3n) is 3.70. The van der Waals surface area contributed by atoms with Gasteiger partial charge < -0.3 is 9.52 Å². The predicted molar refractivity (Wildman–Crippen MR) is 93.9 cm³/mol. The molecule has 7 heteroatoms. The van der Waals surface area contributed by atoms with Crippen LogP contribution in [-0.2, 0) is 0 Å². The number of para-hydroxylation sites is 1. The molecule has 0 fully saturated rings. The highest BCUT2D eigenvalue weighted by Gasteiger charge is 2.12. The Morgan fingerprint density at radius 2 is 1.92 bits per heavy atom. The van der Waals surface area contributed by atoms with Crippen LogP contribution in [0.5, 0.6) is 0 Å². The number of hydrazone groups is 1. The number of carboxylic acid groups (broad SMARTS) is 1. The Hall–Kier alpha value is -3.74. The number of hydrogen-bond acceptors (Lipinski definition) is 6. The van der Waals surface area contributed by atoms with Crippen LogP contribution in [0.2, 0.25) is 0 Å². The minimum Gasteiger partial charge on any atom is -0.478 e. The van der Waals surface area contributed by atoms with E-state index in [0.29, 0.717) is 16.9 Å². The molecule has 4 rings (SSSR count). The van der Waals surface area contributed by atoms with Gasteiger partial charge in [0, 0.05) is 5.39 Å². The number of carbonyl (C=O) groups is 1. The van der Waals surface area contributed by atoms with Crippen molar-refractivity contribution in [2.45, 2.75) is 0 Å². The summed E-state index contributed by atoms with van der Waals surface area (Å²) in [6.07, 6.45) is 3.02. The van der Waals surface area contributed by atoms with Crippen LogP contribution in [0.15, 0.2) is 64.4 Å². The van der Waals surface area contributed by atoms with E-state index in [2.05, 4.69) is 20.5 Å². The third-order valence-corrected chi connectivity index (χ3v) is 3.70. The number of nitrogens with zero attached hydrogens (tertiary/aromatic N) is 3. The van der Waals surface area contributed by atoms with Crippen molar-refractivity contribution in [1.29, 1.82) is 0 Å². The molecule has 4 aromatic rings. The number of anilines is 1. The molecule has 0 aliphatic carbocycles. The number of carboxylic acids is 1. The van der Waals surface area contributed by atoms with Gasteiger partial charge in [-0.25, -0.2) is 14.8 Å². The van der Waals surface area contributed by atoms with Crippen molar-refractivity contribution in [1.82, 2.24) is 9.97 Å². The maximum absolute atomic E-state index is 10.8. The monoisotopic (exact) mass is 332 g/mol. The van der Waals surface area contributed by atoms with Crippen LogP contribution in [0.3, 0.4) is 0 Å². The zero-order chi connectivity index (χ0) is 17.2. The van der Waals surface area contributed by atoms with Gasteiger partial charge in [0.2, 0.25) is 0 Å². The first-order chi connectivity index (χ1) is 12.2. The molecule has 0 amide bonds. The first kappa shape index (κ1) is 14.8. The van der Waals surface area contributed by atoms with Crippen molar-refractivity contribution in [3.8, 4) is 0 Å². The highest BCUT2D eigenvalue weighted by molar-refractivity contribution is 6.05. The van der Waals surface area contributed by atoms with Crippen LogP contribution in [0.4, 0.5) is 5.82 Å².